The summed E-state index contributed by atoms with van der Waals surface area (Å²) < 4.78 is 2.93. The third kappa shape index (κ3) is 2.66. The summed E-state index contributed by atoms with van der Waals surface area (Å²) in [5.41, 5.74) is 3.78. The van der Waals surface area contributed by atoms with E-state index in [0.29, 0.717) is 5.92 Å². The second kappa shape index (κ2) is 4.97. The maximum Gasteiger partial charge on any atom is 0.182 e. The van der Waals surface area contributed by atoms with Gasteiger partial charge >= 0.3 is 0 Å². The summed E-state index contributed by atoms with van der Waals surface area (Å²) in [5.74, 6) is 0.473. The van der Waals surface area contributed by atoms with Crippen molar-refractivity contribution >= 4 is 12.2 Å². The molecule has 2 aromatic rings. The molecule has 0 bridgehead atoms. The minimum Gasteiger partial charge on any atom is -0.337 e. The lowest BCUT2D eigenvalue weighted by Gasteiger charge is -2.23. The van der Waals surface area contributed by atoms with Gasteiger partial charge in [0.2, 0.25) is 0 Å². The van der Waals surface area contributed by atoms with Crippen molar-refractivity contribution in [2.45, 2.75) is 46.0 Å². The third-order valence-corrected chi connectivity index (χ3v) is 3.64. The van der Waals surface area contributed by atoms with Crippen LogP contribution >= 0.6 is 12.2 Å². The Kier molecular flexibility index (Phi) is 3.68. The Morgan fingerprint density at radius 3 is 2.37 bits per heavy atom. The Morgan fingerprint density at radius 2 is 1.79 bits per heavy atom. The van der Waals surface area contributed by atoms with Crippen LogP contribution in [0.2, 0.25) is 0 Å². The van der Waals surface area contributed by atoms with E-state index in [-0.39, 0.29) is 5.41 Å². The van der Waals surface area contributed by atoms with Gasteiger partial charge in [0.15, 0.2) is 4.77 Å². The maximum atomic E-state index is 5.48. The van der Waals surface area contributed by atoms with Crippen molar-refractivity contribution in [3.8, 4) is 5.69 Å². The van der Waals surface area contributed by atoms with Crippen LogP contribution < -0.4 is 0 Å². The van der Waals surface area contributed by atoms with Crippen LogP contribution in [0.1, 0.15) is 51.8 Å². The fraction of sp³-hybridized carbons (Fsp3) is 0.438. The van der Waals surface area contributed by atoms with Gasteiger partial charge in [0.25, 0.3) is 0 Å². The summed E-state index contributed by atoms with van der Waals surface area (Å²) in [7, 11) is 0. The fourth-order valence-corrected chi connectivity index (χ4v) is 2.59. The lowest BCUT2D eigenvalue weighted by atomic mass is 9.92. The Balaban J connectivity index is 2.73. The molecule has 1 N–H and O–H groups in total. The van der Waals surface area contributed by atoms with E-state index in [9.17, 15) is 0 Å². The number of aromatic nitrogens is 2. The van der Waals surface area contributed by atoms with Gasteiger partial charge in [-0.25, -0.2) is 0 Å². The SMILES string of the molecule is CC(C)c1ccccc1-n1c(C(C)(C)C)c[nH]c1=S. The van der Waals surface area contributed by atoms with Crippen LogP contribution in [-0.4, -0.2) is 9.55 Å². The molecule has 0 aliphatic rings. The van der Waals surface area contributed by atoms with E-state index in [2.05, 4.69) is 68.4 Å². The first kappa shape index (κ1) is 14.1. The van der Waals surface area contributed by atoms with Crippen molar-refractivity contribution in [2.24, 2.45) is 0 Å². The average molecular weight is 274 g/mol. The van der Waals surface area contributed by atoms with E-state index in [1.807, 2.05) is 6.20 Å². The molecular weight excluding hydrogens is 252 g/mol. The molecule has 0 saturated heterocycles. The summed E-state index contributed by atoms with van der Waals surface area (Å²) in [6.45, 7) is 11.1. The molecule has 0 spiro atoms. The van der Waals surface area contributed by atoms with Crippen molar-refractivity contribution in [3.63, 3.8) is 0 Å². The van der Waals surface area contributed by atoms with Crippen molar-refractivity contribution < 1.29 is 0 Å². The minimum absolute atomic E-state index is 0.0532. The Hall–Kier alpha value is -1.35. The van der Waals surface area contributed by atoms with Crippen molar-refractivity contribution in [3.05, 3.63) is 46.5 Å². The average Bonchev–Trinajstić information content (AvgIpc) is 2.70. The van der Waals surface area contributed by atoms with Gasteiger partial charge in [-0.2, -0.15) is 0 Å². The summed E-state index contributed by atoms with van der Waals surface area (Å²) in [5, 5.41) is 0. The van der Waals surface area contributed by atoms with Gasteiger partial charge in [0.1, 0.15) is 0 Å². The van der Waals surface area contributed by atoms with Crippen LogP contribution in [0.4, 0.5) is 0 Å². The van der Waals surface area contributed by atoms with Gasteiger partial charge in [0, 0.05) is 17.3 Å². The molecule has 0 fully saturated rings. The Morgan fingerprint density at radius 1 is 1.16 bits per heavy atom. The smallest absolute Gasteiger partial charge is 0.182 e. The number of hydrogen-bond donors (Lipinski definition) is 1. The van der Waals surface area contributed by atoms with Crippen LogP contribution in [0.25, 0.3) is 5.69 Å². The number of nitrogens with one attached hydrogen (secondary N) is 1. The quantitative estimate of drug-likeness (QED) is 0.768. The zero-order chi connectivity index (χ0) is 14.2. The molecule has 0 saturated carbocycles. The molecule has 19 heavy (non-hydrogen) atoms. The molecule has 2 nitrogen and oxygen atoms in total. The van der Waals surface area contributed by atoms with E-state index >= 15 is 0 Å². The van der Waals surface area contributed by atoms with Crippen LogP contribution in [0.5, 0.6) is 0 Å². The fourth-order valence-electron chi connectivity index (χ4n) is 2.34. The van der Waals surface area contributed by atoms with E-state index in [1.165, 1.54) is 16.9 Å². The highest BCUT2D eigenvalue weighted by Gasteiger charge is 2.21. The van der Waals surface area contributed by atoms with Crippen molar-refractivity contribution in [1.82, 2.24) is 9.55 Å². The Labute approximate surface area is 120 Å². The highest BCUT2D eigenvalue weighted by atomic mass is 32.1. The zero-order valence-corrected chi connectivity index (χ0v) is 13.1. The summed E-state index contributed by atoms with van der Waals surface area (Å²) >= 11 is 5.48. The van der Waals surface area contributed by atoms with E-state index in [0.717, 1.165) is 4.77 Å². The monoisotopic (exact) mass is 274 g/mol. The highest BCUT2D eigenvalue weighted by Crippen LogP contribution is 2.29. The summed E-state index contributed by atoms with van der Waals surface area (Å²) in [4.78, 5) is 3.19. The topological polar surface area (TPSA) is 20.7 Å². The second-order valence-corrected chi connectivity index (χ2v) is 6.66. The zero-order valence-electron chi connectivity index (χ0n) is 12.3. The van der Waals surface area contributed by atoms with Gasteiger partial charge in [-0.3, -0.25) is 4.57 Å². The molecule has 1 aromatic heterocycles. The van der Waals surface area contributed by atoms with E-state index < -0.39 is 0 Å². The largest absolute Gasteiger partial charge is 0.337 e. The number of benzene rings is 1. The molecule has 0 aliphatic carbocycles. The second-order valence-electron chi connectivity index (χ2n) is 6.28. The Bertz CT molecular complexity index is 627. The molecule has 102 valence electrons. The standard InChI is InChI=1S/C16H22N2S/c1-11(2)12-8-6-7-9-13(12)18-14(16(3,4)5)10-17-15(18)19/h6-11H,1-5H3,(H,17,19). The van der Waals surface area contributed by atoms with Crippen molar-refractivity contribution in [1.29, 1.82) is 0 Å². The van der Waals surface area contributed by atoms with Gasteiger partial charge in [-0.1, -0.05) is 52.8 Å². The number of imidazole rings is 1. The molecule has 0 unspecified atom stereocenters. The lowest BCUT2D eigenvalue weighted by Crippen LogP contribution is -2.17. The molecule has 0 atom stereocenters. The number of aromatic amines is 1. The highest BCUT2D eigenvalue weighted by molar-refractivity contribution is 7.71. The maximum absolute atomic E-state index is 5.48. The van der Waals surface area contributed by atoms with Gasteiger partial charge < -0.3 is 4.98 Å². The van der Waals surface area contributed by atoms with Gasteiger partial charge in [0.05, 0.1) is 5.69 Å². The van der Waals surface area contributed by atoms with Crippen LogP contribution in [0.15, 0.2) is 30.5 Å². The number of para-hydroxylation sites is 1. The number of rotatable bonds is 2. The molecule has 2 rings (SSSR count). The third-order valence-electron chi connectivity index (χ3n) is 3.34. The van der Waals surface area contributed by atoms with E-state index in [1.54, 1.807) is 0 Å². The van der Waals surface area contributed by atoms with Gasteiger partial charge in [-0.15, -0.1) is 0 Å². The van der Waals surface area contributed by atoms with Crippen molar-refractivity contribution in [2.75, 3.05) is 0 Å². The molecule has 3 heteroatoms. The number of nitrogens with zero attached hydrogens (tertiary/aromatic N) is 1. The lowest BCUT2D eigenvalue weighted by molar-refractivity contribution is 0.554. The first-order chi connectivity index (χ1) is 8.82. The minimum atomic E-state index is 0.0532. The predicted octanol–water partition coefficient (Wildman–Crippen LogP) is 4.96. The molecule has 1 aromatic carbocycles. The first-order valence-corrected chi connectivity index (χ1v) is 7.13. The van der Waals surface area contributed by atoms with Gasteiger partial charge in [-0.05, 0) is 29.8 Å². The molecule has 1 heterocycles. The molecule has 0 amide bonds. The normalized spacial score (nSPS) is 12.1. The molecule has 0 radical (unpaired) electrons. The summed E-state index contributed by atoms with van der Waals surface area (Å²) in [6, 6.07) is 8.49. The van der Waals surface area contributed by atoms with Crippen LogP contribution in [0.3, 0.4) is 0 Å². The molecular formula is C16H22N2S. The molecule has 0 aliphatic heterocycles. The predicted molar refractivity (Wildman–Crippen MR) is 83.7 cm³/mol. The summed E-state index contributed by atoms with van der Waals surface area (Å²) in [6.07, 6.45) is 2.03. The van der Waals surface area contributed by atoms with E-state index in [4.69, 9.17) is 12.2 Å². The number of H-pyrrole nitrogens is 1. The van der Waals surface area contributed by atoms with Crippen LogP contribution in [0, 0.1) is 4.77 Å². The first-order valence-electron chi connectivity index (χ1n) is 6.72. The van der Waals surface area contributed by atoms with Crippen LogP contribution in [-0.2, 0) is 5.41 Å². The number of hydrogen-bond acceptors (Lipinski definition) is 1.